The van der Waals surface area contributed by atoms with Gasteiger partial charge in [0.2, 0.25) is 0 Å². The molecule has 1 fully saturated rings. The Kier molecular flexibility index (Phi) is 6.06. The maximum Gasteiger partial charge on any atom is 0.338 e. The van der Waals surface area contributed by atoms with Crippen molar-refractivity contribution in [2.75, 3.05) is 13.7 Å². The quantitative estimate of drug-likeness (QED) is 0.708. The van der Waals surface area contributed by atoms with Crippen molar-refractivity contribution in [1.29, 1.82) is 0 Å². The zero-order valence-electron chi connectivity index (χ0n) is 15.5. The molecule has 1 heterocycles. The third-order valence-corrected chi connectivity index (χ3v) is 4.50. The molecule has 28 heavy (non-hydrogen) atoms. The van der Waals surface area contributed by atoms with Gasteiger partial charge in [0, 0.05) is 7.11 Å². The van der Waals surface area contributed by atoms with E-state index in [1.165, 1.54) is 14.0 Å². The highest BCUT2D eigenvalue weighted by Gasteiger charge is 2.58. The van der Waals surface area contributed by atoms with Crippen LogP contribution in [0.1, 0.15) is 27.6 Å². The minimum Gasteiger partial charge on any atom is -0.459 e. The number of ether oxygens (including phenoxy) is 4. The standard InChI is InChI=1S/C21H21FO6/c1-21(22)17(28-19(24)15-11-7-4-8-12-15)16(27-20(21)25-2)13-26-18(23)14-9-5-3-6-10-14/h3-12,16-17,20H,13H2,1-2H3/t16-,17-,20-,21-/m1/s1. The molecule has 2 aromatic carbocycles. The lowest BCUT2D eigenvalue weighted by molar-refractivity contribution is -0.164. The van der Waals surface area contributed by atoms with Gasteiger partial charge in [-0.05, 0) is 31.2 Å². The van der Waals surface area contributed by atoms with Gasteiger partial charge in [-0.3, -0.25) is 0 Å². The van der Waals surface area contributed by atoms with Crippen molar-refractivity contribution >= 4 is 11.9 Å². The smallest absolute Gasteiger partial charge is 0.338 e. The molecule has 0 amide bonds. The molecule has 1 saturated heterocycles. The number of esters is 2. The lowest BCUT2D eigenvalue weighted by Crippen LogP contribution is -2.45. The molecule has 2 aromatic rings. The molecule has 0 unspecified atom stereocenters. The zero-order chi connectivity index (χ0) is 20.1. The molecule has 0 spiro atoms. The Hall–Kier alpha value is -2.77. The number of methoxy groups -OCH3 is 1. The van der Waals surface area contributed by atoms with Gasteiger partial charge in [0.05, 0.1) is 11.1 Å². The lowest BCUT2D eigenvalue weighted by Gasteiger charge is -2.26. The summed E-state index contributed by atoms with van der Waals surface area (Å²) in [5.41, 5.74) is -1.49. The third kappa shape index (κ3) is 4.21. The fraction of sp³-hybridized carbons (Fsp3) is 0.333. The van der Waals surface area contributed by atoms with E-state index in [4.69, 9.17) is 18.9 Å². The molecule has 1 aliphatic rings. The number of rotatable bonds is 6. The van der Waals surface area contributed by atoms with Crippen molar-refractivity contribution in [3.63, 3.8) is 0 Å². The topological polar surface area (TPSA) is 71.1 Å². The van der Waals surface area contributed by atoms with Crippen molar-refractivity contribution in [3.05, 3.63) is 71.8 Å². The summed E-state index contributed by atoms with van der Waals surface area (Å²) < 4.78 is 36.4. The van der Waals surface area contributed by atoms with Crippen molar-refractivity contribution < 1.29 is 32.9 Å². The van der Waals surface area contributed by atoms with Gasteiger partial charge in [-0.2, -0.15) is 0 Å². The molecule has 0 saturated carbocycles. The summed E-state index contributed by atoms with van der Waals surface area (Å²) in [7, 11) is 1.29. The summed E-state index contributed by atoms with van der Waals surface area (Å²) in [4.78, 5) is 24.5. The normalized spacial score (nSPS) is 26.6. The van der Waals surface area contributed by atoms with Gasteiger partial charge in [-0.25, -0.2) is 14.0 Å². The zero-order valence-corrected chi connectivity index (χ0v) is 15.5. The maximum absolute atomic E-state index is 15.2. The van der Waals surface area contributed by atoms with Gasteiger partial charge in [0.25, 0.3) is 0 Å². The first kappa shape index (κ1) is 20.0. The first-order valence-corrected chi connectivity index (χ1v) is 8.79. The highest BCUT2D eigenvalue weighted by molar-refractivity contribution is 5.90. The highest BCUT2D eigenvalue weighted by Crippen LogP contribution is 2.37. The Morgan fingerprint density at radius 3 is 2.07 bits per heavy atom. The molecule has 0 bridgehead atoms. The van der Waals surface area contributed by atoms with E-state index in [2.05, 4.69) is 0 Å². The fourth-order valence-corrected chi connectivity index (χ4v) is 3.04. The Morgan fingerprint density at radius 1 is 1.00 bits per heavy atom. The van der Waals surface area contributed by atoms with Crippen molar-refractivity contribution in [2.24, 2.45) is 0 Å². The van der Waals surface area contributed by atoms with Crippen molar-refractivity contribution in [3.8, 4) is 0 Å². The summed E-state index contributed by atoms with van der Waals surface area (Å²) in [6.45, 7) is 0.933. The molecule has 148 valence electrons. The van der Waals surface area contributed by atoms with E-state index in [9.17, 15) is 9.59 Å². The van der Waals surface area contributed by atoms with Crippen LogP contribution in [-0.4, -0.2) is 49.8 Å². The Bertz CT molecular complexity index is 808. The fourth-order valence-electron chi connectivity index (χ4n) is 3.04. The van der Waals surface area contributed by atoms with Crippen LogP contribution in [0.15, 0.2) is 60.7 Å². The van der Waals surface area contributed by atoms with E-state index in [0.717, 1.165) is 0 Å². The van der Waals surface area contributed by atoms with Crippen LogP contribution in [0.4, 0.5) is 4.39 Å². The molecule has 0 aromatic heterocycles. The van der Waals surface area contributed by atoms with Crippen LogP contribution in [0, 0.1) is 0 Å². The lowest BCUT2D eigenvalue weighted by atomic mass is 9.99. The number of carbonyl (C=O) groups is 2. The Morgan fingerprint density at radius 2 is 1.54 bits per heavy atom. The first-order chi connectivity index (χ1) is 13.4. The first-order valence-electron chi connectivity index (χ1n) is 8.79. The monoisotopic (exact) mass is 388 g/mol. The van der Waals surface area contributed by atoms with Crippen LogP contribution in [0.2, 0.25) is 0 Å². The number of carbonyl (C=O) groups excluding carboxylic acids is 2. The minimum atomic E-state index is -2.12. The molecule has 1 aliphatic heterocycles. The van der Waals surface area contributed by atoms with E-state index < -0.39 is 36.1 Å². The van der Waals surface area contributed by atoms with E-state index in [0.29, 0.717) is 5.56 Å². The van der Waals surface area contributed by atoms with Gasteiger partial charge < -0.3 is 18.9 Å². The molecule has 3 rings (SSSR count). The predicted octanol–water partition coefficient (Wildman–Crippen LogP) is 3.17. The van der Waals surface area contributed by atoms with Crippen LogP contribution in [0.25, 0.3) is 0 Å². The van der Waals surface area contributed by atoms with Crippen LogP contribution >= 0.6 is 0 Å². The summed E-state index contributed by atoms with van der Waals surface area (Å²) in [6, 6.07) is 16.6. The molecule has 7 heteroatoms. The SMILES string of the molecule is CO[C@@H]1O[C@H](COC(=O)c2ccccc2)[C@@H](OC(=O)c2ccccc2)[C@@]1(C)F. The second-order valence-electron chi connectivity index (χ2n) is 6.55. The summed E-state index contributed by atoms with van der Waals surface area (Å²) in [6.07, 6.45) is -3.59. The molecule has 0 radical (unpaired) electrons. The van der Waals surface area contributed by atoms with Gasteiger partial charge in [-0.15, -0.1) is 0 Å². The number of benzene rings is 2. The van der Waals surface area contributed by atoms with Crippen LogP contribution < -0.4 is 0 Å². The second kappa shape index (κ2) is 8.50. The average Bonchev–Trinajstić information content (AvgIpc) is 2.96. The molecular weight excluding hydrogens is 367 g/mol. The summed E-state index contributed by atoms with van der Waals surface area (Å²) in [5, 5.41) is 0. The number of hydrogen-bond donors (Lipinski definition) is 0. The van der Waals surface area contributed by atoms with Gasteiger partial charge in [0.15, 0.2) is 18.1 Å². The average molecular weight is 388 g/mol. The van der Waals surface area contributed by atoms with Gasteiger partial charge in [0.1, 0.15) is 12.7 Å². The maximum atomic E-state index is 15.2. The highest BCUT2D eigenvalue weighted by atomic mass is 19.1. The van der Waals surface area contributed by atoms with Gasteiger partial charge >= 0.3 is 11.9 Å². The van der Waals surface area contributed by atoms with E-state index in [1.54, 1.807) is 60.7 Å². The predicted molar refractivity (Wildman–Crippen MR) is 97.6 cm³/mol. The molecular formula is C21H21FO6. The van der Waals surface area contributed by atoms with Crippen LogP contribution in [0.3, 0.4) is 0 Å². The largest absolute Gasteiger partial charge is 0.459 e. The van der Waals surface area contributed by atoms with E-state index >= 15 is 4.39 Å². The van der Waals surface area contributed by atoms with E-state index in [-0.39, 0.29) is 12.2 Å². The Labute approximate surface area is 162 Å². The third-order valence-electron chi connectivity index (χ3n) is 4.50. The van der Waals surface area contributed by atoms with Crippen LogP contribution in [0.5, 0.6) is 0 Å². The molecule has 4 atom stereocenters. The minimum absolute atomic E-state index is 0.277. The van der Waals surface area contributed by atoms with Crippen molar-refractivity contribution in [1.82, 2.24) is 0 Å². The van der Waals surface area contributed by atoms with E-state index in [1.807, 2.05) is 0 Å². The Balaban J connectivity index is 1.72. The van der Waals surface area contributed by atoms with Crippen LogP contribution in [-0.2, 0) is 18.9 Å². The second-order valence-corrected chi connectivity index (χ2v) is 6.55. The number of halogens is 1. The molecule has 6 nitrogen and oxygen atoms in total. The number of hydrogen-bond acceptors (Lipinski definition) is 6. The van der Waals surface area contributed by atoms with Crippen molar-refractivity contribution in [2.45, 2.75) is 31.1 Å². The summed E-state index contributed by atoms with van der Waals surface area (Å²) in [5.74, 6) is -1.28. The number of alkyl halides is 1. The summed E-state index contributed by atoms with van der Waals surface area (Å²) >= 11 is 0. The molecule has 0 N–H and O–H groups in total. The molecule has 0 aliphatic carbocycles. The van der Waals surface area contributed by atoms with Gasteiger partial charge in [-0.1, -0.05) is 36.4 Å².